The molecule has 2 N–H and O–H groups in total. The van der Waals surface area contributed by atoms with E-state index in [2.05, 4.69) is 5.32 Å². The van der Waals surface area contributed by atoms with E-state index in [4.69, 9.17) is 9.84 Å². The van der Waals surface area contributed by atoms with Crippen molar-refractivity contribution in [2.24, 2.45) is 5.92 Å². The van der Waals surface area contributed by atoms with E-state index in [1.165, 1.54) is 17.7 Å². The van der Waals surface area contributed by atoms with Gasteiger partial charge in [-0.25, -0.2) is 4.79 Å². The van der Waals surface area contributed by atoms with Crippen LogP contribution in [0.15, 0.2) is 0 Å². The number of carboxylic acid groups (broad SMARTS) is 1. The Labute approximate surface area is 113 Å². The molecule has 2 amide bonds. The first kappa shape index (κ1) is 14.1. The van der Waals surface area contributed by atoms with E-state index >= 15 is 0 Å². The smallest absolute Gasteiger partial charge is 0.317 e. The highest BCUT2D eigenvalue weighted by Gasteiger charge is 2.41. The van der Waals surface area contributed by atoms with Crippen molar-refractivity contribution in [3.63, 3.8) is 0 Å². The average molecular weight is 270 g/mol. The van der Waals surface area contributed by atoms with Crippen LogP contribution in [0.4, 0.5) is 4.79 Å². The standard InChI is InChI=1S/C13H22N2O4/c1-2-15(7-5-11(16)17)13(18)14-10-6-8-19-12(10)9-3-4-9/h9-10,12H,2-8H2,1H3,(H,14,18)(H,16,17). The Hall–Kier alpha value is -1.30. The SMILES string of the molecule is CCN(CCC(=O)O)C(=O)NC1CCOC1C1CC1. The summed E-state index contributed by atoms with van der Waals surface area (Å²) in [6.07, 6.45) is 3.36. The Kier molecular flexibility index (Phi) is 4.63. The van der Waals surface area contributed by atoms with Gasteiger partial charge in [0.15, 0.2) is 0 Å². The number of hydrogen-bond acceptors (Lipinski definition) is 3. The van der Waals surface area contributed by atoms with Crippen LogP contribution in [0.1, 0.15) is 32.6 Å². The number of carbonyl (C=O) groups excluding carboxylic acids is 1. The molecule has 6 heteroatoms. The summed E-state index contributed by atoms with van der Waals surface area (Å²) in [4.78, 5) is 24.2. The van der Waals surface area contributed by atoms with Crippen molar-refractivity contribution < 1.29 is 19.4 Å². The van der Waals surface area contributed by atoms with E-state index in [0.29, 0.717) is 19.1 Å². The van der Waals surface area contributed by atoms with Gasteiger partial charge in [-0.15, -0.1) is 0 Å². The first-order valence-electron chi connectivity index (χ1n) is 7.00. The summed E-state index contributed by atoms with van der Waals surface area (Å²) in [5.74, 6) is -0.284. The average Bonchev–Trinajstić information content (AvgIpc) is 3.11. The van der Waals surface area contributed by atoms with Crippen LogP contribution < -0.4 is 5.32 Å². The molecule has 2 rings (SSSR count). The summed E-state index contributed by atoms with van der Waals surface area (Å²) in [5, 5.41) is 11.7. The van der Waals surface area contributed by atoms with Gasteiger partial charge in [-0.3, -0.25) is 4.79 Å². The largest absolute Gasteiger partial charge is 0.481 e. The molecule has 0 aromatic rings. The molecule has 19 heavy (non-hydrogen) atoms. The van der Waals surface area contributed by atoms with Gasteiger partial charge in [0.05, 0.1) is 18.6 Å². The van der Waals surface area contributed by atoms with E-state index in [-0.39, 0.29) is 31.1 Å². The van der Waals surface area contributed by atoms with E-state index in [9.17, 15) is 9.59 Å². The molecule has 1 saturated carbocycles. The molecule has 2 fully saturated rings. The number of rotatable bonds is 6. The molecule has 1 saturated heterocycles. The van der Waals surface area contributed by atoms with Crippen LogP contribution in [0, 0.1) is 5.92 Å². The number of carbonyl (C=O) groups is 2. The lowest BCUT2D eigenvalue weighted by atomic mass is 10.1. The van der Waals surface area contributed by atoms with Crippen molar-refractivity contribution in [2.45, 2.75) is 44.8 Å². The number of amides is 2. The molecule has 0 spiro atoms. The molecule has 108 valence electrons. The molecular weight excluding hydrogens is 248 g/mol. The maximum absolute atomic E-state index is 12.1. The number of carboxylic acids is 1. The second-order valence-electron chi connectivity index (χ2n) is 5.24. The molecule has 1 heterocycles. The molecule has 0 aromatic carbocycles. The number of urea groups is 1. The molecule has 1 aliphatic heterocycles. The van der Waals surface area contributed by atoms with Gasteiger partial charge in [0.2, 0.25) is 0 Å². The van der Waals surface area contributed by atoms with Gasteiger partial charge in [-0.1, -0.05) is 0 Å². The lowest BCUT2D eigenvalue weighted by Gasteiger charge is -2.25. The Morgan fingerprint density at radius 3 is 2.68 bits per heavy atom. The molecule has 2 aliphatic rings. The number of nitrogens with one attached hydrogen (secondary N) is 1. The van der Waals surface area contributed by atoms with Crippen LogP contribution in [0.3, 0.4) is 0 Å². The molecule has 2 unspecified atom stereocenters. The Balaban J connectivity index is 1.82. The molecule has 0 radical (unpaired) electrons. The zero-order valence-electron chi connectivity index (χ0n) is 11.3. The Bertz CT molecular complexity index is 344. The summed E-state index contributed by atoms with van der Waals surface area (Å²) >= 11 is 0. The molecule has 1 aliphatic carbocycles. The number of nitrogens with zero attached hydrogens (tertiary/aromatic N) is 1. The van der Waals surface area contributed by atoms with Gasteiger partial charge < -0.3 is 20.1 Å². The van der Waals surface area contributed by atoms with Crippen molar-refractivity contribution in [2.75, 3.05) is 19.7 Å². The van der Waals surface area contributed by atoms with E-state index in [1.807, 2.05) is 6.92 Å². The molecular formula is C13H22N2O4. The van der Waals surface area contributed by atoms with Crippen LogP contribution in [-0.4, -0.2) is 53.8 Å². The van der Waals surface area contributed by atoms with Crippen molar-refractivity contribution in [3.8, 4) is 0 Å². The predicted molar refractivity (Wildman–Crippen MR) is 68.9 cm³/mol. The highest BCUT2D eigenvalue weighted by Crippen LogP contribution is 2.38. The fourth-order valence-corrected chi connectivity index (χ4v) is 2.54. The molecule has 2 atom stereocenters. The summed E-state index contributed by atoms with van der Waals surface area (Å²) in [6, 6.07) is -0.0937. The second-order valence-corrected chi connectivity index (χ2v) is 5.24. The van der Waals surface area contributed by atoms with Gasteiger partial charge in [0.25, 0.3) is 0 Å². The van der Waals surface area contributed by atoms with Crippen LogP contribution in [0.2, 0.25) is 0 Å². The highest BCUT2D eigenvalue weighted by atomic mass is 16.5. The zero-order chi connectivity index (χ0) is 13.8. The fraction of sp³-hybridized carbons (Fsp3) is 0.846. The van der Waals surface area contributed by atoms with Crippen molar-refractivity contribution in [1.29, 1.82) is 0 Å². The summed E-state index contributed by atoms with van der Waals surface area (Å²) in [7, 11) is 0. The molecule has 6 nitrogen and oxygen atoms in total. The van der Waals surface area contributed by atoms with Crippen LogP contribution in [0.25, 0.3) is 0 Å². The van der Waals surface area contributed by atoms with Crippen LogP contribution in [0.5, 0.6) is 0 Å². The minimum absolute atomic E-state index is 0.0194. The summed E-state index contributed by atoms with van der Waals surface area (Å²) in [6.45, 7) is 3.32. The highest BCUT2D eigenvalue weighted by molar-refractivity contribution is 5.75. The third kappa shape index (κ3) is 3.83. The lowest BCUT2D eigenvalue weighted by molar-refractivity contribution is -0.137. The third-order valence-electron chi connectivity index (χ3n) is 3.80. The Morgan fingerprint density at radius 1 is 1.37 bits per heavy atom. The topological polar surface area (TPSA) is 78.9 Å². The number of aliphatic carboxylic acids is 1. The quantitative estimate of drug-likeness (QED) is 0.756. The van der Waals surface area contributed by atoms with Gasteiger partial charge >= 0.3 is 12.0 Å². The predicted octanol–water partition coefficient (Wildman–Crippen LogP) is 1.06. The van der Waals surface area contributed by atoms with Crippen LogP contribution >= 0.6 is 0 Å². The first-order chi connectivity index (χ1) is 9.11. The first-order valence-corrected chi connectivity index (χ1v) is 7.00. The van der Waals surface area contributed by atoms with Gasteiger partial charge in [0, 0.05) is 19.7 Å². The molecule has 0 aromatic heterocycles. The van der Waals surface area contributed by atoms with Crippen molar-refractivity contribution >= 4 is 12.0 Å². The van der Waals surface area contributed by atoms with Gasteiger partial charge in [-0.2, -0.15) is 0 Å². The van der Waals surface area contributed by atoms with Gasteiger partial charge in [-0.05, 0) is 32.1 Å². The maximum Gasteiger partial charge on any atom is 0.317 e. The van der Waals surface area contributed by atoms with Crippen molar-refractivity contribution in [3.05, 3.63) is 0 Å². The maximum atomic E-state index is 12.1. The minimum Gasteiger partial charge on any atom is -0.481 e. The van der Waals surface area contributed by atoms with Crippen molar-refractivity contribution in [1.82, 2.24) is 10.2 Å². The summed E-state index contributed by atoms with van der Waals surface area (Å²) in [5.41, 5.74) is 0. The zero-order valence-corrected chi connectivity index (χ0v) is 11.3. The lowest BCUT2D eigenvalue weighted by Crippen LogP contribution is -2.48. The van der Waals surface area contributed by atoms with E-state index in [1.54, 1.807) is 0 Å². The number of ether oxygens (including phenoxy) is 1. The monoisotopic (exact) mass is 270 g/mol. The number of hydrogen-bond donors (Lipinski definition) is 2. The summed E-state index contributed by atoms with van der Waals surface area (Å²) < 4.78 is 5.67. The fourth-order valence-electron chi connectivity index (χ4n) is 2.54. The van der Waals surface area contributed by atoms with Crippen LogP contribution in [-0.2, 0) is 9.53 Å². The Morgan fingerprint density at radius 2 is 2.11 bits per heavy atom. The van der Waals surface area contributed by atoms with E-state index in [0.717, 1.165) is 6.42 Å². The normalized spacial score (nSPS) is 26.2. The minimum atomic E-state index is -0.883. The van der Waals surface area contributed by atoms with E-state index < -0.39 is 5.97 Å². The second kappa shape index (κ2) is 6.23. The third-order valence-corrected chi connectivity index (χ3v) is 3.80. The van der Waals surface area contributed by atoms with Gasteiger partial charge in [0.1, 0.15) is 0 Å². The molecule has 0 bridgehead atoms.